The third-order valence-electron chi connectivity index (χ3n) is 2.23. The lowest BCUT2D eigenvalue weighted by atomic mass is 10.0. The number of rotatable bonds is 5. The van der Waals surface area contributed by atoms with Crippen molar-refractivity contribution in [3.05, 3.63) is 40.3 Å². The van der Waals surface area contributed by atoms with Crippen LogP contribution >= 0.6 is 0 Å². The highest BCUT2D eigenvalue weighted by atomic mass is 16.3. The first kappa shape index (κ1) is 12.3. The van der Waals surface area contributed by atoms with Crippen LogP contribution in [0.25, 0.3) is 10.4 Å². The largest absolute Gasteiger partial charge is 0.399 e. The van der Waals surface area contributed by atoms with E-state index in [4.69, 9.17) is 11.3 Å². The van der Waals surface area contributed by atoms with Gasteiger partial charge in [0.25, 0.3) is 0 Å². The molecule has 2 unspecified atom stereocenters. The summed E-state index contributed by atoms with van der Waals surface area (Å²) in [6.07, 6.45) is -1.72. The second kappa shape index (κ2) is 5.97. The Bertz CT molecular complexity index is 373. The zero-order valence-electron chi connectivity index (χ0n) is 8.69. The Labute approximate surface area is 93.0 Å². The molecule has 0 spiro atoms. The van der Waals surface area contributed by atoms with Crippen molar-refractivity contribution in [1.82, 2.24) is 0 Å². The van der Waals surface area contributed by atoms with Gasteiger partial charge >= 0.3 is 0 Å². The highest BCUT2D eigenvalue weighted by molar-refractivity contribution is 5.39. The van der Waals surface area contributed by atoms with Gasteiger partial charge in [0.2, 0.25) is 0 Å². The maximum absolute atomic E-state index is 9.75. The highest BCUT2D eigenvalue weighted by Crippen LogP contribution is 2.19. The molecular weight excluding hydrogens is 208 g/mol. The average Bonchev–Trinajstić information content (AvgIpc) is 2.29. The summed E-state index contributed by atoms with van der Waals surface area (Å²) in [4.78, 5) is 2.57. The fourth-order valence-corrected chi connectivity index (χ4v) is 1.31. The summed E-state index contributed by atoms with van der Waals surface area (Å²) < 4.78 is 0. The molecule has 0 saturated carbocycles. The Morgan fingerprint density at radius 1 is 1.31 bits per heavy atom. The second-order valence-electron chi connectivity index (χ2n) is 3.42. The molecule has 0 aliphatic carbocycles. The molecule has 1 aromatic carbocycles. The summed E-state index contributed by atoms with van der Waals surface area (Å²) in [6.45, 7) is 0.156. The van der Waals surface area contributed by atoms with Crippen LogP contribution < -0.4 is 5.73 Å². The van der Waals surface area contributed by atoms with E-state index in [0.29, 0.717) is 11.3 Å². The number of nitrogen functional groups attached to an aromatic ring is 1. The van der Waals surface area contributed by atoms with Gasteiger partial charge in [-0.3, -0.25) is 0 Å². The molecule has 16 heavy (non-hydrogen) atoms. The summed E-state index contributed by atoms with van der Waals surface area (Å²) in [5, 5.41) is 22.6. The van der Waals surface area contributed by atoms with Crippen molar-refractivity contribution in [1.29, 1.82) is 0 Å². The first-order valence-electron chi connectivity index (χ1n) is 4.87. The quantitative estimate of drug-likeness (QED) is 0.302. The van der Waals surface area contributed by atoms with Gasteiger partial charge in [0.1, 0.15) is 6.10 Å². The van der Waals surface area contributed by atoms with E-state index in [-0.39, 0.29) is 13.0 Å². The first-order valence-corrected chi connectivity index (χ1v) is 4.87. The minimum atomic E-state index is -0.991. The van der Waals surface area contributed by atoms with Crippen molar-refractivity contribution < 1.29 is 10.2 Å². The van der Waals surface area contributed by atoms with E-state index >= 15 is 0 Å². The summed E-state index contributed by atoms with van der Waals surface area (Å²) >= 11 is 0. The van der Waals surface area contributed by atoms with E-state index in [0.717, 1.165) is 0 Å². The topological polar surface area (TPSA) is 115 Å². The van der Waals surface area contributed by atoms with Gasteiger partial charge in [-0.2, -0.15) is 0 Å². The van der Waals surface area contributed by atoms with Crippen molar-refractivity contribution in [2.45, 2.75) is 18.6 Å². The molecule has 0 amide bonds. The molecule has 0 aliphatic heterocycles. The van der Waals surface area contributed by atoms with Crippen molar-refractivity contribution in [3.63, 3.8) is 0 Å². The summed E-state index contributed by atoms with van der Waals surface area (Å²) in [7, 11) is 0. The number of aliphatic hydroxyl groups is 2. The van der Waals surface area contributed by atoms with Crippen LogP contribution in [-0.2, 0) is 0 Å². The monoisotopic (exact) mass is 222 g/mol. The third-order valence-corrected chi connectivity index (χ3v) is 2.23. The zero-order chi connectivity index (χ0) is 12.0. The van der Waals surface area contributed by atoms with E-state index in [9.17, 15) is 10.2 Å². The van der Waals surface area contributed by atoms with Crippen LogP contribution in [0.5, 0.6) is 0 Å². The lowest BCUT2D eigenvalue weighted by Gasteiger charge is -2.17. The van der Waals surface area contributed by atoms with Crippen LogP contribution in [-0.4, -0.2) is 22.9 Å². The normalized spacial score (nSPS) is 13.9. The van der Waals surface area contributed by atoms with Gasteiger partial charge in [-0.05, 0) is 29.6 Å². The molecule has 0 fully saturated rings. The standard InChI is InChI=1S/C10H14N4O2/c11-8-3-1-7(2-4-8)10(16)9(15)5-6-13-14-12/h1-4,9-10,15-16H,5-6,11H2. The summed E-state index contributed by atoms with van der Waals surface area (Å²) in [5.74, 6) is 0. The predicted molar refractivity (Wildman–Crippen MR) is 60.5 cm³/mol. The van der Waals surface area contributed by atoms with Gasteiger partial charge in [0.15, 0.2) is 0 Å². The number of hydrogen-bond acceptors (Lipinski definition) is 4. The van der Waals surface area contributed by atoms with Crippen molar-refractivity contribution in [2.24, 2.45) is 5.11 Å². The van der Waals surface area contributed by atoms with Crippen LogP contribution in [0.3, 0.4) is 0 Å². The fourth-order valence-electron chi connectivity index (χ4n) is 1.31. The van der Waals surface area contributed by atoms with E-state index in [1.54, 1.807) is 24.3 Å². The molecule has 0 heterocycles. The van der Waals surface area contributed by atoms with Gasteiger partial charge in [-0.15, -0.1) is 0 Å². The number of nitrogens with two attached hydrogens (primary N) is 1. The molecule has 0 aromatic heterocycles. The summed E-state index contributed by atoms with van der Waals surface area (Å²) in [5.41, 5.74) is 14.8. The van der Waals surface area contributed by atoms with Crippen LogP contribution in [0.2, 0.25) is 0 Å². The maximum Gasteiger partial charge on any atom is 0.105 e. The molecule has 2 atom stereocenters. The van der Waals surface area contributed by atoms with Crippen LogP contribution in [0.1, 0.15) is 18.1 Å². The SMILES string of the molecule is [N-]=[N+]=NCCC(O)C(O)c1ccc(N)cc1. The predicted octanol–water partition coefficient (Wildman–Crippen LogP) is 1.36. The number of aliphatic hydroxyl groups excluding tert-OH is 2. The molecule has 86 valence electrons. The smallest absolute Gasteiger partial charge is 0.105 e. The number of anilines is 1. The van der Waals surface area contributed by atoms with E-state index in [1.165, 1.54) is 0 Å². The molecule has 0 aliphatic rings. The fraction of sp³-hybridized carbons (Fsp3) is 0.400. The molecule has 6 heteroatoms. The van der Waals surface area contributed by atoms with Gasteiger partial charge < -0.3 is 15.9 Å². The minimum Gasteiger partial charge on any atom is -0.399 e. The second-order valence-corrected chi connectivity index (χ2v) is 3.42. The first-order chi connectivity index (χ1) is 7.65. The Morgan fingerprint density at radius 3 is 2.50 bits per heavy atom. The lowest BCUT2D eigenvalue weighted by molar-refractivity contribution is 0.0150. The molecule has 1 rings (SSSR count). The van der Waals surface area contributed by atoms with Crippen molar-refractivity contribution >= 4 is 5.69 Å². The molecule has 4 N–H and O–H groups in total. The average molecular weight is 222 g/mol. The lowest BCUT2D eigenvalue weighted by Crippen LogP contribution is -2.19. The third kappa shape index (κ3) is 3.43. The highest BCUT2D eigenvalue weighted by Gasteiger charge is 2.17. The van der Waals surface area contributed by atoms with Gasteiger partial charge in [-0.25, -0.2) is 0 Å². The molecule has 6 nitrogen and oxygen atoms in total. The Morgan fingerprint density at radius 2 is 1.94 bits per heavy atom. The molecule has 0 bridgehead atoms. The Kier molecular flexibility index (Phi) is 4.60. The maximum atomic E-state index is 9.75. The van der Waals surface area contributed by atoms with Crippen LogP contribution in [0.15, 0.2) is 29.4 Å². The van der Waals surface area contributed by atoms with Gasteiger partial charge in [-0.1, -0.05) is 17.2 Å². The Hall–Kier alpha value is -1.75. The van der Waals surface area contributed by atoms with Crippen LogP contribution in [0.4, 0.5) is 5.69 Å². The molecular formula is C10H14N4O2. The van der Waals surface area contributed by atoms with E-state index < -0.39 is 12.2 Å². The van der Waals surface area contributed by atoms with E-state index in [1.807, 2.05) is 0 Å². The molecule has 0 saturated heterocycles. The van der Waals surface area contributed by atoms with Crippen molar-refractivity contribution in [2.75, 3.05) is 12.3 Å². The Balaban J connectivity index is 2.58. The summed E-state index contributed by atoms with van der Waals surface area (Å²) in [6, 6.07) is 6.60. The number of hydrogen-bond donors (Lipinski definition) is 3. The molecule has 0 radical (unpaired) electrons. The minimum absolute atomic E-state index is 0.156. The van der Waals surface area contributed by atoms with E-state index in [2.05, 4.69) is 10.0 Å². The van der Waals surface area contributed by atoms with Crippen LogP contribution in [0, 0.1) is 0 Å². The van der Waals surface area contributed by atoms with Crippen molar-refractivity contribution in [3.8, 4) is 0 Å². The zero-order valence-corrected chi connectivity index (χ0v) is 8.69. The number of azide groups is 1. The number of nitrogens with zero attached hydrogens (tertiary/aromatic N) is 3. The number of benzene rings is 1. The molecule has 1 aromatic rings. The van der Waals surface area contributed by atoms with Gasteiger partial charge in [0, 0.05) is 17.1 Å². The van der Waals surface area contributed by atoms with Gasteiger partial charge in [0.05, 0.1) is 6.10 Å².